The summed E-state index contributed by atoms with van der Waals surface area (Å²) in [7, 11) is -3.88. The Morgan fingerprint density at radius 1 is 0.833 bits per heavy atom. The maximum Gasteiger partial charge on any atom is 0.242 e. The van der Waals surface area contributed by atoms with Gasteiger partial charge in [-0.25, -0.2) is 18.6 Å². The molecule has 0 bridgehead atoms. The van der Waals surface area contributed by atoms with Gasteiger partial charge in [0.15, 0.2) is 0 Å². The highest BCUT2D eigenvalue weighted by atomic mass is 32.2. The molecule has 0 aliphatic carbocycles. The second kappa shape index (κ2) is 13.2. The van der Waals surface area contributed by atoms with Crippen LogP contribution in [-0.2, 0) is 21.4 Å². The molecule has 5 aromatic carbocycles. The molecule has 42 heavy (non-hydrogen) atoms. The zero-order valence-electron chi connectivity index (χ0n) is 23.1. The fraction of sp³-hybridized carbons (Fsp3) is 0.118. The van der Waals surface area contributed by atoms with Crippen molar-refractivity contribution in [2.75, 3.05) is 0 Å². The zero-order chi connectivity index (χ0) is 29.4. The Bertz CT molecular complexity index is 1790. The number of carbonyl (C=O) groups is 1. The van der Waals surface area contributed by atoms with Crippen LogP contribution in [0.4, 0.5) is 0 Å². The molecule has 1 amide bonds. The van der Waals surface area contributed by atoms with E-state index in [2.05, 4.69) is 15.2 Å². The largest absolute Gasteiger partial charge is 0.488 e. The number of ether oxygens (including phenoxy) is 1. The lowest BCUT2D eigenvalue weighted by molar-refractivity contribution is -0.121. The van der Waals surface area contributed by atoms with Gasteiger partial charge in [0.1, 0.15) is 12.4 Å². The van der Waals surface area contributed by atoms with Crippen LogP contribution in [0.25, 0.3) is 10.8 Å². The summed E-state index contributed by atoms with van der Waals surface area (Å²) in [5.41, 5.74) is 5.94. The summed E-state index contributed by atoms with van der Waals surface area (Å²) in [6.45, 7) is 2.27. The number of hydrogen-bond acceptors (Lipinski definition) is 5. The third kappa shape index (κ3) is 7.28. The number of nitrogens with one attached hydrogen (secondary N) is 2. The van der Waals surface area contributed by atoms with Crippen molar-refractivity contribution in [2.45, 2.75) is 30.9 Å². The molecule has 212 valence electrons. The van der Waals surface area contributed by atoms with Gasteiger partial charge in [-0.15, -0.1) is 0 Å². The topological polar surface area (TPSA) is 96.9 Å². The molecule has 0 spiro atoms. The zero-order valence-corrected chi connectivity index (χ0v) is 23.9. The van der Waals surface area contributed by atoms with Crippen molar-refractivity contribution >= 4 is 32.9 Å². The molecule has 0 heterocycles. The van der Waals surface area contributed by atoms with E-state index in [0.717, 1.165) is 27.5 Å². The Morgan fingerprint density at radius 2 is 1.50 bits per heavy atom. The van der Waals surface area contributed by atoms with Crippen molar-refractivity contribution in [1.82, 2.24) is 10.1 Å². The third-order valence-corrected chi connectivity index (χ3v) is 8.26. The molecular weight excluding hydrogens is 546 g/mol. The van der Waals surface area contributed by atoms with Crippen LogP contribution >= 0.6 is 0 Å². The highest BCUT2D eigenvalue weighted by molar-refractivity contribution is 7.89. The van der Waals surface area contributed by atoms with Gasteiger partial charge in [0.25, 0.3) is 0 Å². The maximum atomic E-state index is 13.1. The number of sulfonamides is 1. The smallest absolute Gasteiger partial charge is 0.242 e. The van der Waals surface area contributed by atoms with Gasteiger partial charge in [-0.2, -0.15) is 5.10 Å². The average molecular weight is 578 g/mol. The number of hydrazone groups is 1. The molecule has 0 radical (unpaired) electrons. The summed E-state index contributed by atoms with van der Waals surface area (Å²) >= 11 is 0. The van der Waals surface area contributed by atoms with Crippen molar-refractivity contribution in [2.24, 2.45) is 5.10 Å². The molecule has 0 saturated heterocycles. The summed E-state index contributed by atoms with van der Waals surface area (Å²) in [6, 6.07) is 36.4. The van der Waals surface area contributed by atoms with E-state index in [4.69, 9.17) is 4.74 Å². The second-order valence-corrected chi connectivity index (χ2v) is 11.6. The van der Waals surface area contributed by atoms with Crippen molar-refractivity contribution in [3.63, 3.8) is 0 Å². The van der Waals surface area contributed by atoms with E-state index in [1.54, 1.807) is 54.7 Å². The lowest BCUT2D eigenvalue weighted by Crippen LogP contribution is -2.32. The Hall–Kier alpha value is -4.79. The molecular formula is C34H31N3O4S. The number of hydrogen-bond donors (Lipinski definition) is 2. The van der Waals surface area contributed by atoms with E-state index < -0.39 is 22.0 Å². The predicted molar refractivity (Wildman–Crippen MR) is 166 cm³/mol. The van der Waals surface area contributed by atoms with Crippen LogP contribution in [0.1, 0.15) is 34.7 Å². The average Bonchev–Trinajstić information content (AvgIpc) is 3.01. The molecule has 0 saturated carbocycles. The van der Waals surface area contributed by atoms with Gasteiger partial charge in [-0.3, -0.25) is 4.79 Å². The van der Waals surface area contributed by atoms with Crippen molar-refractivity contribution < 1.29 is 17.9 Å². The molecule has 8 heteroatoms. The molecule has 5 aromatic rings. The van der Waals surface area contributed by atoms with Crippen molar-refractivity contribution in [3.05, 3.63) is 144 Å². The van der Waals surface area contributed by atoms with Gasteiger partial charge in [-0.1, -0.05) is 109 Å². The van der Waals surface area contributed by atoms with Gasteiger partial charge in [0.2, 0.25) is 15.9 Å². The molecule has 0 aliphatic rings. The first-order valence-corrected chi connectivity index (χ1v) is 15.0. The lowest BCUT2D eigenvalue weighted by Gasteiger charge is -2.18. The van der Waals surface area contributed by atoms with Gasteiger partial charge in [-0.05, 0) is 47.0 Å². The molecule has 0 aliphatic heterocycles. The predicted octanol–water partition coefficient (Wildman–Crippen LogP) is 6.29. The highest BCUT2D eigenvalue weighted by Crippen LogP contribution is 2.27. The normalized spacial score (nSPS) is 12.3. The number of nitrogens with zero attached hydrogens (tertiary/aromatic N) is 1. The molecule has 1 atom stereocenters. The molecule has 2 N–H and O–H groups in total. The van der Waals surface area contributed by atoms with Gasteiger partial charge < -0.3 is 4.74 Å². The summed E-state index contributed by atoms with van der Waals surface area (Å²) in [5.74, 6) is 0.183. The summed E-state index contributed by atoms with van der Waals surface area (Å²) in [4.78, 5) is 13.2. The SMILES string of the molecule is Cc1ccc(S(=O)(=O)N[C@@H](CC(=O)N/N=C\c2c(OCc3ccccc3)ccc3ccccc23)c2ccccc2)cc1. The Kier molecular flexibility index (Phi) is 9.06. The summed E-state index contributed by atoms with van der Waals surface area (Å²) < 4.78 is 35.1. The van der Waals surface area contributed by atoms with E-state index in [9.17, 15) is 13.2 Å². The van der Waals surface area contributed by atoms with Gasteiger partial charge in [0.05, 0.1) is 17.2 Å². The van der Waals surface area contributed by atoms with E-state index in [-0.39, 0.29) is 11.3 Å². The summed E-state index contributed by atoms with van der Waals surface area (Å²) in [5, 5.41) is 6.17. The van der Waals surface area contributed by atoms with Crippen LogP contribution in [-0.4, -0.2) is 20.5 Å². The minimum absolute atomic E-state index is 0.131. The molecule has 0 fully saturated rings. The van der Waals surface area contributed by atoms with Crippen LogP contribution in [0.5, 0.6) is 5.75 Å². The van der Waals surface area contributed by atoms with Crippen LogP contribution in [0, 0.1) is 6.92 Å². The van der Waals surface area contributed by atoms with Crippen molar-refractivity contribution in [3.8, 4) is 5.75 Å². The number of fused-ring (bicyclic) bond motifs is 1. The number of amides is 1. The van der Waals surface area contributed by atoms with Crippen LogP contribution < -0.4 is 14.9 Å². The summed E-state index contributed by atoms with van der Waals surface area (Å²) in [6.07, 6.45) is 1.41. The van der Waals surface area contributed by atoms with E-state index in [0.29, 0.717) is 17.9 Å². The number of aryl methyl sites for hydroxylation is 1. The minimum atomic E-state index is -3.88. The third-order valence-electron chi connectivity index (χ3n) is 6.77. The number of rotatable bonds is 11. The minimum Gasteiger partial charge on any atom is -0.488 e. The highest BCUT2D eigenvalue weighted by Gasteiger charge is 2.23. The molecule has 7 nitrogen and oxygen atoms in total. The maximum absolute atomic E-state index is 13.1. The van der Waals surface area contributed by atoms with Gasteiger partial charge >= 0.3 is 0 Å². The Morgan fingerprint density at radius 3 is 2.24 bits per heavy atom. The Labute approximate surface area is 245 Å². The number of benzene rings is 5. The van der Waals surface area contributed by atoms with E-state index in [1.807, 2.05) is 79.7 Å². The van der Waals surface area contributed by atoms with Gasteiger partial charge in [0, 0.05) is 12.0 Å². The van der Waals surface area contributed by atoms with Crippen LogP contribution in [0.2, 0.25) is 0 Å². The van der Waals surface area contributed by atoms with E-state index in [1.165, 1.54) is 0 Å². The first-order chi connectivity index (χ1) is 20.4. The molecule has 0 aromatic heterocycles. The second-order valence-electron chi connectivity index (χ2n) is 9.87. The molecule has 5 rings (SSSR count). The first-order valence-electron chi connectivity index (χ1n) is 13.5. The standard InChI is InChI=1S/C34H31N3O4S/c1-25-16-19-29(20-17-25)42(39,40)37-32(28-13-6-3-7-14-28)22-34(38)36-35-23-31-30-15-9-8-12-27(30)18-21-33(31)41-24-26-10-4-2-5-11-26/h2-21,23,32,37H,22,24H2,1H3,(H,36,38)/b35-23-/t32-/m0/s1. The lowest BCUT2D eigenvalue weighted by atomic mass is 10.0. The Balaban J connectivity index is 1.34. The van der Waals surface area contributed by atoms with Crippen LogP contribution in [0.15, 0.2) is 131 Å². The number of carbonyl (C=O) groups excluding carboxylic acids is 1. The fourth-order valence-corrected chi connectivity index (χ4v) is 5.78. The molecule has 0 unspecified atom stereocenters. The first kappa shape index (κ1) is 28.7. The van der Waals surface area contributed by atoms with E-state index >= 15 is 0 Å². The fourth-order valence-electron chi connectivity index (χ4n) is 4.56. The quantitative estimate of drug-likeness (QED) is 0.143. The van der Waals surface area contributed by atoms with Crippen LogP contribution in [0.3, 0.4) is 0 Å². The monoisotopic (exact) mass is 577 g/mol. The van der Waals surface area contributed by atoms with Crippen molar-refractivity contribution in [1.29, 1.82) is 0 Å².